The molecular weight excluding hydrogens is 369 g/mol. The van der Waals surface area contributed by atoms with Gasteiger partial charge >= 0.3 is 0 Å². The van der Waals surface area contributed by atoms with E-state index in [-0.39, 0.29) is 16.3 Å². The molecule has 3 rings (SSSR count). The lowest BCUT2D eigenvalue weighted by Gasteiger charge is -2.25. The van der Waals surface area contributed by atoms with Gasteiger partial charge in [0.15, 0.2) is 0 Å². The Morgan fingerprint density at radius 2 is 1.78 bits per heavy atom. The molecule has 6 nitrogen and oxygen atoms in total. The molecule has 1 amide bonds. The van der Waals surface area contributed by atoms with Crippen molar-refractivity contribution >= 4 is 22.1 Å². The highest BCUT2D eigenvalue weighted by Crippen LogP contribution is 2.21. The molecule has 0 atom stereocenters. The van der Waals surface area contributed by atoms with E-state index in [1.165, 1.54) is 59.1 Å². The number of piperidine rings is 1. The quantitative estimate of drug-likeness (QED) is 0.631. The van der Waals surface area contributed by atoms with Gasteiger partial charge in [-0.1, -0.05) is 24.6 Å². The minimum Gasteiger partial charge on any atom is -0.267 e. The summed E-state index contributed by atoms with van der Waals surface area (Å²) in [4.78, 5) is 12.3. The van der Waals surface area contributed by atoms with Crippen molar-refractivity contribution in [3.63, 3.8) is 0 Å². The summed E-state index contributed by atoms with van der Waals surface area (Å²) < 4.78 is 39.8. The SMILES string of the molecule is O=C(NN=Cc1ccc(F)cc1)c1cccc(S(=O)(=O)N2CCCCC2)c1. The molecule has 0 aliphatic carbocycles. The van der Waals surface area contributed by atoms with Crippen LogP contribution < -0.4 is 5.43 Å². The van der Waals surface area contributed by atoms with Crippen molar-refractivity contribution < 1.29 is 17.6 Å². The predicted molar refractivity (Wildman–Crippen MR) is 101 cm³/mol. The topological polar surface area (TPSA) is 78.8 Å². The summed E-state index contributed by atoms with van der Waals surface area (Å²) in [6, 6.07) is 11.5. The second kappa shape index (κ2) is 8.41. The van der Waals surface area contributed by atoms with Gasteiger partial charge in [-0.15, -0.1) is 0 Å². The molecule has 27 heavy (non-hydrogen) atoms. The maximum Gasteiger partial charge on any atom is 0.271 e. The lowest BCUT2D eigenvalue weighted by Crippen LogP contribution is -2.35. The molecule has 1 aliphatic heterocycles. The lowest BCUT2D eigenvalue weighted by atomic mass is 10.2. The van der Waals surface area contributed by atoms with E-state index in [0.29, 0.717) is 18.7 Å². The number of hydrogen-bond donors (Lipinski definition) is 1. The van der Waals surface area contributed by atoms with Crippen molar-refractivity contribution in [1.29, 1.82) is 0 Å². The first kappa shape index (κ1) is 19.2. The molecule has 0 saturated carbocycles. The molecular formula is C19H20FN3O3S. The van der Waals surface area contributed by atoms with Gasteiger partial charge in [0.2, 0.25) is 10.0 Å². The number of benzene rings is 2. The fraction of sp³-hybridized carbons (Fsp3) is 0.263. The van der Waals surface area contributed by atoms with E-state index in [9.17, 15) is 17.6 Å². The number of halogens is 1. The summed E-state index contributed by atoms with van der Waals surface area (Å²) in [7, 11) is -3.61. The largest absolute Gasteiger partial charge is 0.271 e. The van der Waals surface area contributed by atoms with Crippen LogP contribution in [0.25, 0.3) is 0 Å². The molecule has 0 radical (unpaired) electrons. The van der Waals surface area contributed by atoms with Crippen LogP contribution in [0.2, 0.25) is 0 Å². The van der Waals surface area contributed by atoms with Crippen molar-refractivity contribution in [2.24, 2.45) is 5.10 Å². The fourth-order valence-electron chi connectivity index (χ4n) is 2.83. The molecule has 2 aromatic rings. The molecule has 0 spiro atoms. The summed E-state index contributed by atoms with van der Waals surface area (Å²) in [5.74, 6) is -0.882. The van der Waals surface area contributed by atoms with Gasteiger partial charge in [-0.3, -0.25) is 4.79 Å². The number of hydrazone groups is 1. The van der Waals surface area contributed by atoms with Gasteiger partial charge in [0, 0.05) is 18.7 Å². The first-order valence-electron chi connectivity index (χ1n) is 8.66. The average molecular weight is 389 g/mol. The maximum absolute atomic E-state index is 12.9. The maximum atomic E-state index is 12.9. The Morgan fingerprint density at radius 3 is 2.48 bits per heavy atom. The molecule has 8 heteroatoms. The molecule has 0 aromatic heterocycles. The van der Waals surface area contributed by atoms with E-state index in [2.05, 4.69) is 10.5 Å². The Hall–Kier alpha value is -2.58. The third-order valence-electron chi connectivity index (χ3n) is 4.30. The second-order valence-corrected chi connectivity index (χ2v) is 8.18. The van der Waals surface area contributed by atoms with Gasteiger partial charge in [0.25, 0.3) is 5.91 Å². The fourth-order valence-corrected chi connectivity index (χ4v) is 4.39. The number of sulfonamides is 1. The molecule has 0 bridgehead atoms. The van der Waals surface area contributed by atoms with Crippen LogP contribution in [-0.4, -0.2) is 37.9 Å². The number of hydrogen-bond acceptors (Lipinski definition) is 4. The van der Waals surface area contributed by atoms with Crippen LogP contribution in [-0.2, 0) is 10.0 Å². The molecule has 1 fully saturated rings. The highest BCUT2D eigenvalue weighted by Gasteiger charge is 2.26. The van der Waals surface area contributed by atoms with E-state index in [1.807, 2.05) is 0 Å². The molecule has 142 valence electrons. The van der Waals surface area contributed by atoms with E-state index in [4.69, 9.17) is 0 Å². The highest BCUT2D eigenvalue weighted by molar-refractivity contribution is 7.89. The van der Waals surface area contributed by atoms with Crippen molar-refractivity contribution in [1.82, 2.24) is 9.73 Å². The van der Waals surface area contributed by atoms with Crippen molar-refractivity contribution in [3.8, 4) is 0 Å². The zero-order valence-electron chi connectivity index (χ0n) is 14.6. The van der Waals surface area contributed by atoms with Gasteiger partial charge in [-0.05, 0) is 48.7 Å². The van der Waals surface area contributed by atoms with Crippen LogP contribution >= 0.6 is 0 Å². The summed E-state index contributed by atoms with van der Waals surface area (Å²) in [6.07, 6.45) is 4.10. The first-order valence-corrected chi connectivity index (χ1v) is 10.1. The van der Waals surface area contributed by atoms with Crippen LogP contribution in [0.5, 0.6) is 0 Å². The monoisotopic (exact) mass is 389 g/mol. The van der Waals surface area contributed by atoms with E-state index in [0.717, 1.165) is 19.3 Å². The van der Waals surface area contributed by atoms with Gasteiger partial charge in [0.1, 0.15) is 5.82 Å². The third kappa shape index (κ3) is 4.78. The Morgan fingerprint density at radius 1 is 1.07 bits per heavy atom. The number of nitrogens with zero attached hydrogens (tertiary/aromatic N) is 2. The molecule has 0 unspecified atom stereocenters. The van der Waals surface area contributed by atoms with Crippen LogP contribution in [0.1, 0.15) is 35.2 Å². The molecule has 1 N–H and O–H groups in total. The van der Waals surface area contributed by atoms with Crippen LogP contribution in [0, 0.1) is 5.82 Å². The smallest absolute Gasteiger partial charge is 0.267 e. The van der Waals surface area contributed by atoms with Crippen molar-refractivity contribution in [2.75, 3.05) is 13.1 Å². The summed E-state index contributed by atoms with van der Waals surface area (Å²) in [5.41, 5.74) is 3.17. The van der Waals surface area contributed by atoms with Gasteiger partial charge in [0.05, 0.1) is 11.1 Å². The summed E-state index contributed by atoms with van der Waals surface area (Å²) >= 11 is 0. The number of carbonyl (C=O) groups excluding carboxylic acids is 1. The number of amides is 1. The number of nitrogens with one attached hydrogen (secondary N) is 1. The zero-order chi connectivity index (χ0) is 19.3. The summed E-state index contributed by atoms with van der Waals surface area (Å²) in [6.45, 7) is 1.00. The molecule has 2 aromatic carbocycles. The van der Waals surface area contributed by atoms with Gasteiger partial charge in [-0.25, -0.2) is 18.2 Å². The third-order valence-corrected chi connectivity index (χ3v) is 6.19. The average Bonchev–Trinajstić information content (AvgIpc) is 2.70. The molecule has 1 heterocycles. The van der Waals surface area contributed by atoms with Crippen LogP contribution in [0.4, 0.5) is 4.39 Å². The minimum absolute atomic E-state index is 0.0968. The lowest BCUT2D eigenvalue weighted by molar-refractivity contribution is 0.0955. The summed E-state index contributed by atoms with van der Waals surface area (Å²) in [5, 5.41) is 3.82. The Balaban J connectivity index is 1.70. The molecule has 1 aliphatic rings. The Bertz CT molecular complexity index is 937. The first-order chi connectivity index (χ1) is 13.0. The van der Waals surface area contributed by atoms with Crippen molar-refractivity contribution in [2.45, 2.75) is 24.2 Å². The second-order valence-electron chi connectivity index (χ2n) is 6.24. The normalized spacial score (nSPS) is 15.7. The highest BCUT2D eigenvalue weighted by atomic mass is 32.2. The molecule has 1 saturated heterocycles. The van der Waals surface area contributed by atoms with Crippen molar-refractivity contribution in [3.05, 3.63) is 65.5 Å². The van der Waals surface area contributed by atoms with E-state index < -0.39 is 15.9 Å². The zero-order valence-corrected chi connectivity index (χ0v) is 15.5. The van der Waals surface area contributed by atoms with Crippen LogP contribution in [0.15, 0.2) is 58.5 Å². The Kier molecular flexibility index (Phi) is 5.98. The van der Waals surface area contributed by atoms with E-state index >= 15 is 0 Å². The minimum atomic E-state index is -3.61. The predicted octanol–water partition coefficient (Wildman–Crippen LogP) is 2.76. The van der Waals surface area contributed by atoms with Crippen LogP contribution in [0.3, 0.4) is 0 Å². The van der Waals surface area contributed by atoms with Gasteiger partial charge < -0.3 is 0 Å². The number of carbonyl (C=O) groups is 1. The number of rotatable bonds is 5. The van der Waals surface area contributed by atoms with Gasteiger partial charge in [-0.2, -0.15) is 9.41 Å². The van der Waals surface area contributed by atoms with E-state index in [1.54, 1.807) is 0 Å². The standard InChI is InChI=1S/C19H20FN3O3S/c20-17-9-7-15(8-10-17)14-21-22-19(24)16-5-4-6-18(13-16)27(25,26)23-11-2-1-3-12-23/h4-10,13-14H,1-3,11-12H2,(H,22,24). The Labute approximate surface area is 157 Å².